The van der Waals surface area contributed by atoms with Crippen LogP contribution in [0, 0.1) is 12.7 Å². The highest BCUT2D eigenvalue weighted by molar-refractivity contribution is 5.89. The number of benzene rings is 2. The number of hydrogen-bond acceptors (Lipinski definition) is 4. The Morgan fingerprint density at radius 3 is 2.27 bits per heavy atom. The number of nitrogens with zero attached hydrogens (tertiary/aromatic N) is 3. The number of aromatic nitrogens is 2. The number of alkyl halides is 3. The highest BCUT2D eigenvalue weighted by Gasteiger charge is 2.37. The summed E-state index contributed by atoms with van der Waals surface area (Å²) < 4.78 is 54.5. The minimum Gasteiger partial charge on any atom is -0.353 e. The lowest BCUT2D eigenvalue weighted by Crippen LogP contribution is -2.44. The molecule has 0 amide bonds. The van der Waals surface area contributed by atoms with Gasteiger partial charge in [-0.1, -0.05) is 29.8 Å². The molecule has 1 N–H and O–H groups in total. The lowest BCUT2D eigenvalue weighted by atomic mass is 9.97. The van der Waals surface area contributed by atoms with Crippen LogP contribution in [0.4, 0.5) is 23.4 Å². The second-order valence-corrected chi connectivity index (χ2v) is 7.21. The minimum absolute atomic E-state index is 0.136. The Labute approximate surface area is 171 Å². The Bertz CT molecular complexity index is 1040. The van der Waals surface area contributed by atoms with Gasteiger partial charge in [0.1, 0.15) is 11.6 Å². The summed E-state index contributed by atoms with van der Waals surface area (Å²) in [5.41, 5.74) is 2.73. The number of anilines is 1. The fourth-order valence-corrected chi connectivity index (χ4v) is 3.56. The number of halogens is 4. The molecule has 156 valence electrons. The molecule has 0 radical (unpaired) electrons. The molecule has 1 aliphatic rings. The molecule has 0 unspecified atom stereocenters. The minimum atomic E-state index is -4.71. The van der Waals surface area contributed by atoms with Crippen LogP contribution >= 0.6 is 0 Å². The van der Waals surface area contributed by atoms with Gasteiger partial charge < -0.3 is 10.2 Å². The SMILES string of the molecule is Cc1cccc(-c2c(-c3ccc(F)cc3)nc(C(F)(F)F)nc2N2CCNCC2)c1. The summed E-state index contributed by atoms with van der Waals surface area (Å²) in [4.78, 5) is 9.72. The zero-order valence-corrected chi connectivity index (χ0v) is 16.3. The van der Waals surface area contributed by atoms with Gasteiger partial charge in [0.25, 0.3) is 0 Å². The van der Waals surface area contributed by atoms with E-state index in [2.05, 4.69) is 15.3 Å². The van der Waals surface area contributed by atoms with Crippen molar-refractivity contribution in [1.82, 2.24) is 15.3 Å². The van der Waals surface area contributed by atoms with E-state index in [-0.39, 0.29) is 11.5 Å². The van der Waals surface area contributed by atoms with Crippen LogP contribution in [0.15, 0.2) is 48.5 Å². The third kappa shape index (κ3) is 4.14. The molecular weight excluding hydrogens is 396 g/mol. The predicted molar refractivity (Wildman–Crippen MR) is 108 cm³/mol. The number of rotatable bonds is 3. The van der Waals surface area contributed by atoms with Gasteiger partial charge in [0.15, 0.2) is 0 Å². The quantitative estimate of drug-likeness (QED) is 0.629. The highest BCUT2D eigenvalue weighted by atomic mass is 19.4. The fraction of sp³-hybridized carbons (Fsp3) is 0.273. The molecule has 4 rings (SSSR count). The van der Waals surface area contributed by atoms with E-state index in [1.165, 1.54) is 24.3 Å². The Balaban J connectivity index is 2.03. The van der Waals surface area contributed by atoms with Crippen molar-refractivity contribution in [2.45, 2.75) is 13.1 Å². The van der Waals surface area contributed by atoms with Crippen LogP contribution in [0.2, 0.25) is 0 Å². The van der Waals surface area contributed by atoms with E-state index in [1.807, 2.05) is 36.1 Å². The van der Waals surface area contributed by atoms with Crippen molar-refractivity contribution in [1.29, 1.82) is 0 Å². The van der Waals surface area contributed by atoms with Gasteiger partial charge in [0.05, 0.1) is 11.3 Å². The van der Waals surface area contributed by atoms with Gasteiger partial charge in [0.2, 0.25) is 5.82 Å². The topological polar surface area (TPSA) is 41.1 Å². The molecule has 4 nitrogen and oxygen atoms in total. The van der Waals surface area contributed by atoms with Gasteiger partial charge in [0, 0.05) is 31.7 Å². The fourth-order valence-electron chi connectivity index (χ4n) is 3.56. The maximum Gasteiger partial charge on any atom is 0.451 e. The highest BCUT2D eigenvalue weighted by Crippen LogP contribution is 2.40. The Hall–Kier alpha value is -3.00. The molecule has 0 bridgehead atoms. The molecule has 1 fully saturated rings. The van der Waals surface area contributed by atoms with Gasteiger partial charge >= 0.3 is 6.18 Å². The van der Waals surface area contributed by atoms with Crippen LogP contribution in [0.1, 0.15) is 11.4 Å². The monoisotopic (exact) mass is 416 g/mol. The molecule has 0 aliphatic carbocycles. The molecule has 2 heterocycles. The molecule has 30 heavy (non-hydrogen) atoms. The summed E-state index contributed by atoms with van der Waals surface area (Å²) in [5, 5.41) is 3.20. The first-order valence-electron chi connectivity index (χ1n) is 9.61. The molecule has 8 heteroatoms. The van der Waals surface area contributed by atoms with Gasteiger partial charge in [-0.05, 0) is 36.8 Å². The third-order valence-electron chi connectivity index (χ3n) is 4.98. The van der Waals surface area contributed by atoms with Crippen LogP contribution in [0.3, 0.4) is 0 Å². The summed E-state index contributed by atoms with van der Waals surface area (Å²) in [6.07, 6.45) is -4.71. The maximum absolute atomic E-state index is 13.7. The first kappa shape index (κ1) is 20.3. The number of aryl methyl sites for hydroxylation is 1. The van der Waals surface area contributed by atoms with Crippen LogP contribution < -0.4 is 10.2 Å². The summed E-state index contributed by atoms with van der Waals surface area (Å²) in [6, 6.07) is 12.8. The number of nitrogens with one attached hydrogen (secondary N) is 1. The molecule has 0 atom stereocenters. The lowest BCUT2D eigenvalue weighted by molar-refractivity contribution is -0.144. The van der Waals surface area contributed by atoms with E-state index in [0.29, 0.717) is 37.3 Å². The van der Waals surface area contributed by atoms with E-state index in [9.17, 15) is 17.6 Å². The van der Waals surface area contributed by atoms with Crippen molar-refractivity contribution in [2.24, 2.45) is 0 Å². The molecule has 2 aromatic carbocycles. The van der Waals surface area contributed by atoms with Gasteiger partial charge in [-0.15, -0.1) is 0 Å². The first-order valence-corrected chi connectivity index (χ1v) is 9.61. The Morgan fingerprint density at radius 2 is 1.63 bits per heavy atom. The molecule has 1 aromatic heterocycles. The van der Waals surface area contributed by atoms with Crippen molar-refractivity contribution in [3.63, 3.8) is 0 Å². The van der Waals surface area contributed by atoms with E-state index in [0.717, 1.165) is 11.1 Å². The van der Waals surface area contributed by atoms with E-state index >= 15 is 0 Å². The molecular formula is C22H20F4N4. The van der Waals surface area contributed by atoms with E-state index in [4.69, 9.17) is 0 Å². The predicted octanol–water partition coefficient (Wildman–Crippen LogP) is 4.69. The van der Waals surface area contributed by atoms with Gasteiger partial charge in [-0.25, -0.2) is 14.4 Å². The Morgan fingerprint density at radius 1 is 0.933 bits per heavy atom. The first-order chi connectivity index (χ1) is 14.3. The number of hydrogen-bond donors (Lipinski definition) is 1. The summed E-state index contributed by atoms with van der Waals surface area (Å²) >= 11 is 0. The zero-order chi connectivity index (χ0) is 21.3. The average molecular weight is 416 g/mol. The molecule has 0 spiro atoms. The van der Waals surface area contributed by atoms with Gasteiger partial charge in [-0.2, -0.15) is 13.2 Å². The smallest absolute Gasteiger partial charge is 0.353 e. The lowest BCUT2D eigenvalue weighted by Gasteiger charge is -2.31. The molecule has 0 saturated carbocycles. The number of piperazine rings is 1. The normalized spacial score (nSPS) is 14.8. The van der Waals surface area contributed by atoms with Crippen molar-refractivity contribution >= 4 is 5.82 Å². The summed E-state index contributed by atoms with van der Waals surface area (Å²) in [5.74, 6) is -1.43. The molecule has 1 saturated heterocycles. The zero-order valence-electron chi connectivity index (χ0n) is 16.3. The van der Waals surface area contributed by atoms with Crippen LogP contribution in [-0.4, -0.2) is 36.1 Å². The largest absolute Gasteiger partial charge is 0.451 e. The third-order valence-corrected chi connectivity index (χ3v) is 4.98. The molecule has 1 aliphatic heterocycles. The van der Waals surface area contributed by atoms with E-state index < -0.39 is 17.8 Å². The molecule has 3 aromatic rings. The standard InChI is InChI=1S/C22H20F4N4/c1-14-3-2-4-16(13-14)18-19(15-5-7-17(23)8-6-15)28-21(22(24,25)26)29-20(18)30-11-9-27-10-12-30/h2-8,13,27H,9-12H2,1H3. The maximum atomic E-state index is 13.7. The van der Waals surface area contributed by atoms with Crippen LogP contribution in [0.5, 0.6) is 0 Å². The van der Waals surface area contributed by atoms with E-state index in [1.54, 1.807) is 0 Å². The van der Waals surface area contributed by atoms with Crippen molar-refractivity contribution < 1.29 is 17.6 Å². The van der Waals surface area contributed by atoms with Crippen LogP contribution in [0.25, 0.3) is 22.4 Å². The second kappa shape index (κ2) is 8.02. The van der Waals surface area contributed by atoms with Gasteiger partial charge in [-0.3, -0.25) is 0 Å². The summed E-state index contributed by atoms with van der Waals surface area (Å²) in [7, 11) is 0. The van der Waals surface area contributed by atoms with Crippen molar-refractivity contribution in [3.05, 3.63) is 65.7 Å². The second-order valence-electron chi connectivity index (χ2n) is 7.21. The van der Waals surface area contributed by atoms with Crippen molar-refractivity contribution in [3.8, 4) is 22.4 Å². The van der Waals surface area contributed by atoms with Crippen molar-refractivity contribution in [2.75, 3.05) is 31.1 Å². The Kier molecular flexibility index (Phi) is 5.42. The average Bonchev–Trinajstić information content (AvgIpc) is 2.73. The summed E-state index contributed by atoms with van der Waals surface area (Å²) in [6.45, 7) is 4.25. The van der Waals surface area contributed by atoms with Crippen LogP contribution in [-0.2, 0) is 6.18 Å².